The zero-order chi connectivity index (χ0) is 19.4. The van der Waals surface area contributed by atoms with Crippen molar-refractivity contribution in [2.75, 3.05) is 32.8 Å². The first-order chi connectivity index (χ1) is 12.1. The Labute approximate surface area is 150 Å². The molecule has 6 nitrogen and oxygen atoms in total. The van der Waals surface area contributed by atoms with Crippen LogP contribution in [0.4, 0.5) is 13.2 Å². The summed E-state index contributed by atoms with van der Waals surface area (Å²) in [6.07, 6.45) is -5.31. The third kappa shape index (κ3) is 5.84. The minimum atomic E-state index is -4.53. The number of ether oxygens (including phenoxy) is 2. The Kier molecular flexibility index (Phi) is 6.46. The number of carbonyl (C=O) groups is 1. The second-order valence-electron chi connectivity index (χ2n) is 6.80. The molecule has 9 heteroatoms. The maximum absolute atomic E-state index is 12.7. The van der Waals surface area contributed by atoms with E-state index in [0.29, 0.717) is 19.7 Å². The summed E-state index contributed by atoms with van der Waals surface area (Å²) in [6.45, 7) is 7.98. The summed E-state index contributed by atoms with van der Waals surface area (Å²) in [5.74, 6) is -0.850. The van der Waals surface area contributed by atoms with Gasteiger partial charge in [0.15, 0.2) is 6.10 Å². The SMILES string of the molecule is C[C@H](Oc1ncccc1C(=O)NCCN1CCOC(C)(C)C1)C(F)(F)F. The van der Waals surface area contributed by atoms with Gasteiger partial charge in [0.25, 0.3) is 5.91 Å². The lowest BCUT2D eigenvalue weighted by Gasteiger charge is -2.38. The molecule has 0 radical (unpaired) electrons. The van der Waals surface area contributed by atoms with E-state index in [2.05, 4.69) is 15.2 Å². The largest absolute Gasteiger partial charge is 0.464 e. The number of halogens is 3. The molecule has 0 saturated carbocycles. The number of rotatable bonds is 6. The van der Waals surface area contributed by atoms with Gasteiger partial charge in [0.1, 0.15) is 5.56 Å². The highest BCUT2D eigenvalue weighted by Gasteiger charge is 2.39. The van der Waals surface area contributed by atoms with Crippen molar-refractivity contribution in [2.45, 2.75) is 38.7 Å². The van der Waals surface area contributed by atoms with Crippen LogP contribution in [0.5, 0.6) is 5.88 Å². The Hall–Kier alpha value is -1.87. The molecule has 0 unspecified atom stereocenters. The summed E-state index contributed by atoms with van der Waals surface area (Å²) in [6, 6.07) is 2.86. The van der Waals surface area contributed by atoms with Crippen molar-refractivity contribution in [2.24, 2.45) is 0 Å². The molecular formula is C17H24F3N3O3. The molecule has 1 aromatic rings. The monoisotopic (exact) mass is 375 g/mol. The molecule has 1 aromatic heterocycles. The molecule has 2 heterocycles. The smallest absolute Gasteiger partial charge is 0.425 e. The highest BCUT2D eigenvalue weighted by molar-refractivity contribution is 5.96. The van der Waals surface area contributed by atoms with Gasteiger partial charge in [0, 0.05) is 32.4 Å². The minimum absolute atomic E-state index is 0.0223. The summed E-state index contributed by atoms with van der Waals surface area (Å²) in [4.78, 5) is 18.2. The van der Waals surface area contributed by atoms with Gasteiger partial charge >= 0.3 is 6.18 Å². The van der Waals surface area contributed by atoms with Crippen molar-refractivity contribution in [3.05, 3.63) is 23.9 Å². The van der Waals surface area contributed by atoms with Gasteiger partial charge < -0.3 is 14.8 Å². The van der Waals surface area contributed by atoms with Gasteiger partial charge in [-0.1, -0.05) is 0 Å². The van der Waals surface area contributed by atoms with Gasteiger partial charge in [-0.25, -0.2) is 4.98 Å². The number of alkyl halides is 3. The van der Waals surface area contributed by atoms with E-state index in [-0.39, 0.29) is 17.0 Å². The van der Waals surface area contributed by atoms with Crippen LogP contribution in [0, 0.1) is 0 Å². The Bertz CT molecular complexity index is 623. The zero-order valence-corrected chi connectivity index (χ0v) is 15.1. The molecule has 0 aromatic carbocycles. The fraction of sp³-hybridized carbons (Fsp3) is 0.647. The van der Waals surface area contributed by atoms with Crippen molar-refractivity contribution in [3.63, 3.8) is 0 Å². The van der Waals surface area contributed by atoms with Crippen LogP contribution in [0.25, 0.3) is 0 Å². The Balaban J connectivity index is 1.91. The van der Waals surface area contributed by atoms with Crippen LogP contribution in [0.3, 0.4) is 0 Å². The molecule has 1 atom stereocenters. The topological polar surface area (TPSA) is 63.7 Å². The molecule has 1 N–H and O–H groups in total. The van der Waals surface area contributed by atoms with Gasteiger partial charge in [-0.05, 0) is 32.9 Å². The van der Waals surface area contributed by atoms with E-state index in [4.69, 9.17) is 9.47 Å². The molecule has 1 amide bonds. The van der Waals surface area contributed by atoms with E-state index in [9.17, 15) is 18.0 Å². The first-order valence-corrected chi connectivity index (χ1v) is 8.41. The Morgan fingerprint density at radius 1 is 1.50 bits per heavy atom. The van der Waals surface area contributed by atoms with Gasteiger partial charge in [-0.2, -0.15) is 13.2 Å². The quantitative estimate of drug-likeness (QED) is 0.826. The molecule has 0 bridgehead atoms. The summed E-state index contributed by atoms with van der Waals surface area (Å²) in [5, 5.41) is 2.70. The third-order valence-corrected chi connectivity index (χ3v) is 3.98. The number of hydrogen-bond donors (Lipinski definition) is 1. The lowest BCUT2D eigenvalue weighted by atomic mass is 10.1. The molecule has 26 heavy (non-hydrogen) atoms. The van der Waals surface area contributed by atoms with E-state index >= 15 is 0 Å². The standard InChI is InChI=1S/C17H24F3N3O3/c1-12(17(18,19)20)26-15-13(5-4-6-22-15)14(24)21-7-8-23-9-10-25-16(2,3)11-23/h4-6,12H,7-11H2,1-3H3,(H,21,24)/t12-/m0/s1. The average molecular weight is 375 g/mol. The van der Waals surface area contributed by atoms with E-state index < -0.39 is 18.2 Å². The molecule has 1 saturated heterocycles. The third-order valence-electron chi connectivity index (χ3n) is 3.98. The van der Waals surface area contributed by atoms with Crippen molar-refractivity contribution < 1.29 is 27.4 Å². The highest BCUT2D eigenvalue weighted by atomic mass is 19.4. The highest BCUT2D eigenvalue weighted by Crippen LogP contribution is 2.25. The zero-order valence-electron chi connectivity index (χ0n) is 15.1. The second kappa shape index (κ2) is 8.22. The predicted octanol–water partition coefficient (Wildman–Crippen LogP) is 2.25. The van der Waals surface area contributed by atoms with Crippen LogP contribution in [-0.2, 0) is 4.74 Å². The Morgan fingerprint density at radius 2 is 2.23 bits per heavy atom. The molecule has 2 rings (SSSR count). The fourth-order valence-electron chi connectivity index (χ4n) is 2.62. The number of nitrogens with one attached hydrogen (secondary N) is 1. The van der Waals surface area contributed by atoms with E-state index in [1.807, 2.05) is 13.8 Å². The molecule has 0 aliphatic carbocycles. The molecular weight excluding hydrogens is 351 g/mol. The molecule has 1 fully saturated rings. The summed E-state index contributed by atoms with van der Waals surface area (Å²) in [5.41, 5.74) is -0.258. The van der Waals surface area contributed by atoms with Gasteiger partial charge in [0.2, 0.25) is 5.88 Å². The number of pyridine rings is 1. The molecule has 0 spiro atoms. The maximum atomic E-state index is 12.7. The average Bonchev–Trinajstić information content (AvgIpc) is 2.53. The summed E-state index contributed by atoms with van der Waals surface area (Å²) >= 11 is 0. The van der Waals surface area contributed by atoms with Crippen molar-refractivity contribution >= 4 is 5.91 Å². The summed E-state index contributed by atoms with van der Waals surface area (Å²) < 4.78 is 48.5. The van der Waals surface area contributed by atoms with Gasteiger partial charge in [0.05, 0.1) is 12.2 Å². The van der Waals surface area contributed by atoms with Crippen LogP contribution < -0.4 is 10.1 Å². The van der Waals surface area contributed by atoms with E-state index in [1.54, 1.807) is 0 Å². The van der Waals surface area contributed by atoms with Crippen LogP contribution >= 0.6 is 0 Å². The normalized spacial score (nSPS) is 19.0. The number of hydrogen-bond acceptors (Lipinski definition) is 5. The predicted molar refractivity (Wildman–Crippen MR) is 89.2 cm³/mol. The van der Waals surface area contributed by atoms with Crippen LogP contribution in [-0.4, -0.2) is 66.5 Å². The fourth-order valence-corrected chi connectivity index (χ4v) is 2.62. The second-order valence-corrected chi connectivity index (χ2v) is 6.80. The van der Waals surface area contributed by atoms with Crippen LogP contribution in [0.1, 0.15) is 31.1 Å². The van der Waals surface area contributed by atoms with Crippen molar-refractivity contribution in [3.8, 4) is 5.88 Å². The van der Waals surface area contributed by atoms with Crippen molar-refractivity contribution in [1.82, 2.24) is 15.2 Å². The van der Waals surface area contributed by atoms with E-state index in [0.717, 1.165) is 20.0 Å². The number of amides is 1. The number of morpholine rings is 1. The number of carbonyl (C=O) groups excluding carboxylic acids is 1. The number of nitrogens with zero attached hydrogens (tertiary/aromatic N) is 2. The summed E-state index contributed by atoms with van der Waals surface area (Å²) in [7, 11) is 0. The molecule has 1 aliphatic rings. The van der Waals surface area contributed by atoms with Gasteiger partial charge in [-0.3, -0.25) is 9.69 Å². The molecule has 146 valence electrons. The van der Waals surface area contributed by atoms with E-state index in [1.165, 1.54) is 18.3 Å². The molecule has 1 aliphatic heterocycles. The minimum Gasteiger partial charge on any atom is -0.464 e. The number of aromatic nitrogens is 1. The lowest BCUT2D eigenvalue weighted by Crippen LogP contribution is -2.50. The maximum Gasteiger partial charge on any atom is 0.425 e. The Morgan fingerprint density at radius 3 is 2.88 bits per heavy atom. The van der Waals surface area contributed by atoms with Gasteiger partial charge in [-0.15, -0.1) is 0 Å². The first kappa shape index (κ1) is 20.4. The van der Waals surface area contributed by atoms with Crippen molar-refractivity contribution in [1.29, 1.82) is 0 Å². The van der Waals surface area contributed by atoms with Crippen LogP contribution in [0.2, 0.25) is 0 Å². The first-order valence-electron chi connectivity index (χ1n) is 8.41. The lowest BCUT2D eigenvalue weighted by molar-refractivity contribution is -0.190. The van der Waals surface area contributed by atoms with Crippen LogP contribution in [0.15, 0.2) is 18.3 Å².